The van der Waals surface area contributed by atoms with Crippen molar-refractivity contribution in [3.63, 3.8) is 0 Å². The van der Waals surface area contributed by atoms with Gasteiger partial charge >= 0.3 is 5.97 Å². The second-order valence-electron chi connectivity index (χ2n) is 4.77. The topological polar surface area (TPSA) is 83.9 Å². The summed E-state index contributed by atoms with van der Waals surface area (Å²) < 4.78 is 31.5. The van der Waals surface area contributed by atoms with Crippen molar-refractivity contribution in [2.75, 3.05) is 13.7 Å². The third-order valence-corrected chi connectivity index (χ3v) is 5.32. The molecule has 20 heavy (non-hydrogen) atoms. The molecule has 1 atom stereocenters. The highest BCUT2D eigenvalue weighted by Gasteiger charge is 2.40. The van der Waals surface area contributed by atoms with Crippen LogP contribution in [0.1, 0.15) is 18.4 Å². The van der Waals surface area contributed by atoms with E-state index in [0.717, 1.165) is 9.87 Å². The average Bonchev–Trinajstić information content (AvgIpc) is 2.88. The van der Waals surface area contributed by atoms with E-state index in [1.807, 2.05) is 0 Å². The van der Waals surface area contributed by atoms with E-state index < -0.39 is 22.0 Å². The van der Waals surface area contributed by atoms with Crippen molar-refractivity contribution in [1.29, 1.82) is 0 Å². The summed E-state index contributed by atoms with van der Waals surface area (Å²) in [4.78, 5) is 11.2. The molecule has 1 saturated heterocycles. The molecule has 0 amide bonds. The molecule has 0 bridgehead atoms. The van der Waals surface area contributed by atoms with E-state index in [1.54, 1.807) is 19.1 Å². The van der Waals surface area contributed by atoms with E-state index in [9.17, 15) is 13.2 Å². The molecule has 7 heteroatoms. The predicted octanol–water partition coefficient (Wildman–Crippen LogP) is 1.24. The summed E-state index contributed by atoms with van der Waals surface area (Å²) in [5, 5.41) is 9.14. The lowest BCUT2D eigenvalue weighted by atomic mass is 10.2. The minimum atomic E-state index is -3.87. The maximum atomic E-state index is 12.7. The molecule has 110 valence electrons. The van der Waals surface area contributed by atoms with Crippen LogP contribution in [-0.4, -0.2) is 43.5 Å². The number of benzene rings is 1. The smallest absolute Gasteiger partial charge is 0.322 e. The molecule has 0 radical (unpaired) electrons. The zero-order chi connectivity index (χ0) is 14.9. The molecule has 0 spiro atoms. The Morgan fingerprint density at radius 3 is 2.75 bits per heavy atom. The van der Waals surface area contributed by atoms with Gasteiger partial charge in [0.05, 0.1) is 7.11 Å². The summed E-state index contributed by atoms with van der Waals surface area (Å²) in [5.41, 5.74) is 0.774. The van der Waals surface area contributed by atoms with Crippen LogP contribution >= 0.6 is 0 Å². The predicted molar refractivity (Wildman–Crippen MR) is 72.3 cm³/mol. The van der Waals surface area contributed by atoms with Crippen LogP contribution in [0.25, 0.3) is 0 Å². The molecular weight excluding hydrogens is 282 g/mol. The van der Waals surface area contributed by atoms with Gasteiger partial charge in [-0.25, -0.2) is 8.42 Å². The van der Waals surface area contributed by atoms with Crippen LogP contribution in [0.4, 0.5) is 0 Å². The number of nitrogens with zero attached hydrogens (tertiary/aromatic N) is 1. The van der Waals surface area contributed by atoms with Crippen molar-refractivity contribution in [2.45, 2.75) is 30.7 Å². The number of hydrogen-bond acceptors (Lipinski definition) is 4. The van der Waals surface area contributed by atoms with Crippen LogP contribution in [0, 0.1) is 6.92 Å². The number of sulfonamides is 1. The van der Waals surface area contributed by atoms with Gasteiger partial charge in [-0.15, -0.1) is 0 Å². The number of methoxy groups -OCH3 is 1. The normalized spacial score (nSPS) is 20.0. The molecule has 0 aliphatic carbocycles. The summed E-state index contributed by atoms with van der Waals surface area (Å²) in [6.07, 6.45) is 0.882. The fraction of sp³-hybridized carbons (Fsp3) is 0.462. The molecule has 0 unspecified atom stereocenters. The molecule has 1 aliphatic heterocycles. The second-order valence-corrected chi connectivity index (χ2v) is 6.63. The van der Waals surface area contributed by atoms with Crippen LogP contribution in [0.15, 0.2) is 23.1 Å². The van der Waals surface area contributed by atoms with E-state index in [2.05, 4.69) is 0 Å². The van der Waals surface area contributed by atoms with Gasteiger partial charge in [0.2, 0.25) is 10.0 Å². The third-order valence-electron chi connectivity index (χ3n) is 3.39. The number of ether oxygens (including phenoxy) is 1. The van der Waals surface area contributed by atoms with Crippen LogP contribution in [0.3, 0.4) is 0 Å². The van der Waals surface area contributed by atoms with Crippen LogP contribution in [0.2, 0.25) is 0 Å². The Hall–Kier alpha value is -1.60. The highest BCUT2D eigenvalue weighted by atomic mass is 32.2. The Labute approximate surface area is 118 Å². The average molecular weight is 299 g/mol. The van der Waals surface area contributed by atoms with Gasteiger partial charge in [0.1, 0.15) is 16.7 Å². The maximum Gasteiger partial charge on any atom is 0.322 e. The first-order valence-corrected chi connectivity index (χ1v) is 7.71. The molecule has 1 N–H and O–H groups in total. The fourth-order valence-electron chi connectivity index (χ4n) is 2.39. The molecule has 2 rings (SSSR count). The largest absolute Gasteiger partial charge is 0.495 e. The molecule has 1 fully saturated rings. The molecule has 1 heterocycles. The summed E-state index contributed by atoms with van der Waals surface area (Å²) >= 11 is 0. The SMILES string of the molecule is COc1ccc(C)cc1S(=O)(=O)N1CCC[C@H]1C(=O)O. The van der Waals surface area contributed by atoms with E-state index in [-0.39, 0.29) is 17.2 Å². The van der Waals surface area contributed by atoms with Gasteiger partial charge in [-0.3, -0.25) is 4.79 Å². The first kappa shape index (κ1) is 14.8. The lowest BCUT2D eigenvalue weighted by molar-refractivity contribution is -0.140. The van der Waals surface area contributed by atoms with E-state index in [4.69, 9.17) is 9.84 Å². The zero-order valence-corrected chi connectivity index (χ0v) is 12.2. The van der Waals surface area contributed by atoms with Crippen molar-refractivity contribution in [1.82, 2.24) is 4.31 Å². The van der Waals surface area contributed by atoms with Gasteiger partial charge in [0.25, 0.3) is 0 Å². The van der Waals surface area contributed by atoms with E-state index in [1.165, 1.54) is 13.2 Å². The highest BCUT2D eigenvalue weighted by molar-refractivity contribution is 7.89. The Balaban J connectivity index is 2.50. The fourth-order valence-corrected chi connectivity index (χ4v) is 4.28. The number of rotatable bonds is 4. The van der Waals surface area contributed by atoms with Crippen LogP contribution in [-0.2, 0) is 14.8 Å². The molecule has 6 nitrogen and oxygen atoms in total. The van der Waals surface area contributed by atoms with Gasteiger partial charge < -0.3 is 9.84 Å². The zero-order valence-electron chi connectivity index (χ0n) is 11.4. The number of carboxylic acids is 1. The summed E-state index contributed by atoms with van der Waals surface area (Å²) in [6.45, 7) is 1.99. The Kier molecular flexibility index (Phi) is 4.01. The highest BCUT2D eigenvalue weighted by Crippen LogP contribution is 2.32. The van der Waals surface area contributed by atoms with E-state index in [0.29, 0.717) is 12.8 Å². The molecule has 1 aromatic rings. The van der Waals surface area contributed by atoms with Crippen molar-refractivity contribution in [2.24, 2.45) is 0 Å². The van der Waals surface area contributed by atoms with Crippen molar-refractivity contribution in [3.8, 4) is 5.75 Å². The lowest BCUT2D eigenvalue weighted by Crippen LogP contribution is -2.40. The second kappa shape index (κ2) is 5.41. The minimum absolute atomic E-state index is 0.0214. The van der Waals surface area contributed by atoms with Gasteiger partial charge in [0, 0.05) is 6.54 Å². The van der Waals surface area contributed by atoms with E-state index >= 15 is 0 Å². The molecule has 1 aromatic carbocycles. The van der Waals surface area contributed by atoms with Crippen molar-refractivity contribution in [3.05, 3.63) is 23.8 Å². The first-order chi connectivity index (χ1) is 9.37. The number of aryl methyl sites for hydroxylation is 1. The van der Waals surface area contributed by atoms with Gasteiger partial charge in [-0.05, 0) is 37.5 Å². The van der Waals surface area contributed by atoms with Crippen molar-refractivity contribution < 1.29 is 23.1 Å². The quantitative estimate of drug-likeness (QED) is 0.904. The third kappa shape index (κ3) is 2.51. The summed E-state index contributed by atoms with van der Waals surface area (Å²) in [7, 11) is -2.48. The molecular formula is C13H17NO5S. The minimum Gasteiger partial charge on any atom is -0.495 e. The molecule has 0 saturated carbocycles. The summed E-state index contributed by atoms with van der Waals surface area (Å²) in [6, 6.07) is 3.83. The Morgan fingerprint density at radius 1 is 1.45 bits per heavy atom. The Bertz CT molecular complexity index is 626. The Morgan fingerprint density at radius 2 is 2.15 bits per heavy atom. The standard InChI is InChI=1S/C13H17NO5S/c1-9-5-6-11(19-2)12(8-9)20(17,18)14-7-3-4-10(14)13(15)16/h5-6,8,10H,3-4,7H2,1-2H3,(H,15,16)/t10-/m0/s1. The van der Waals surface area contributed by atoms with Gasteiger partial charge in [0.15, 0.2) is 0 Å². The molecule has 0 aromatic heterocycles. The van der Waals surface area contributed by atoms with Crippen molar-refractivity contribution >= 4 is 16.0 Å². The number of carboxylic acid groups (broad SMARTS) is 1. The number of aliphatic carboxylic acids is 1. The van der Waals surface area contributed by atoms with Gasteiger partial charge in [-0.2, -0.15) is 4.31 Å². The van der Waals surface area contributed by atoms with Crippen LogP contribution in [0.5, 0.6) is 5.75 Å². The lowest BCUT2D eigenvalue weighted by Gasteiger charge is -2.22. The monoisotopic (exact) mass is 299 g/mol. The van der Waals surface area contributed by atoms with Crippen LogP contribution < -0.4 is 4.74 Å². The van der Waals surface area contributed by atoms with Gasteiger partial charge in [-0.1, -0.05) is 6.07 Å². The number of carbonyl (C=O) groups is 1. The molecule has 1 aliphatic rings. The summed E-state index contributed by atoms with van der Waals surface area (Å²) in [5.74, 6) is -0.885. The maximum absolute atomic E-state index is 12.7. The first-order valence-electron chi connectivity index (χ1n) is 6.27. The number of hydrogen-bond donors (Lipinski definition) is 1.